The Morgan fingerprint density at radius 2 is 1.52 bits per heavy atom. The van der Waals surface area contributed by atoms with Crippen LogP contribution in [0.4, 0.5) is 0 Å². The summed E-state index contributed by atoms with van der Waals surface area (Å²) in [7, 11) is 1.97. The molecule has 9 heteroatoms. The molecule has 3 aromatic heterocycles. The first kappa shape index (κ1) is 15.3. The number of hydrogen-bond acceptors (Lipinski definition) is 3. The van der Waals surface area contributed by atoms with Crippen molar-refractivity contribution in [3.8, 4) is 0 Å². The van der Waals surface area contributed by atoms with E-state index < -0.39 is 0 Å². The Balaban J connectivity index is 1.54. The van der Waals surface area contributed by atoms with Crippen LogP contribution in [0.1, 0.15) is 19.3 Å². The zero-order valence-electron chi connectivity index (χ0n) is 13.5. The van der Waals surface area contributed by atoms with Crippen molar-refractivity contribution in [3.63, 3.8) is 0 Å². The number of rotatable bonds is 6. The number of hydrogen-bond donors (Lipinski definition) is 3. The summed E-state index contributed by atoms with van der Waals surface area (Å²) >= 11 is 0. The fourth-order valence-electron chi connectivity index (χ4n) is 3.98. The van der Waals surface area contributed by atoms with Gasteiger partial charge in [-0.2, -0.15) is 0 Å². The minimum atomic E-state index is 0.267. The van der Waals surface area contributed by atoms with Crippen molar-refractivity contribution in [1.82, 2.24) is 29.9 Å². The number of aromatic amines is 3. The molecule has 2 aliphatic carbocycles. The highest BCUT2D eigenvalue weighted by atomic mass is 28.2. The molecule has 0 aromatic carbocycles. The molecule has 1 fully saturated rings. The Kier molecular flexibility index (Phi) is 3.72. The quantitative estimate of drug-likeness (QED) is 0.504. The number of aromatic nitrogens is 6. The average Bonchev–Trinajstić information content (AvgIpc) is 3.39. The molecule has 2 aliphatic rings. The van der Waals surface area contributed by atoms with Crippen LogP contribution in [0.15, 0.2) is 47.6 Å². The summed E-state index contributed by atoms with van der Waals surface area (Å²) in [6, 6.07) is 0. The third-order valence-electron chi connectivity index (χ3n) is 5.02. The van der Waals surface area contributed by atoms with Gasteiger partial charge < -0.3 is 15.0 Å². The Labute approximate surface area is 152 Å². The maximum Gasteiger partial charge on any atom is 0.166 e. The predicted molar refractivity (Wildman–Crippen MR) is 99.0 cm³/mol. The molecule has 0 spiro atoms. The minimum absolute atomic E-state index is 0.267. The topological polar surface area (TPSA) is 86.0 Å². The molecule has 3 heterocycles. The van der Waals surface area contributed by atoms with Crippen molar-refractivity contribution in [2.24, 2.45) is 5.92 Å². The van der Waals surface area contributed by atoms with Gasteiger partial charge >= 0.3 is 0 Å². The molecule has 3 aromatic rings. The summed E-state index contributed by atoms with van der Waals surface area (Å²) in [5.74, 6) is 0.698. The molecule has 2 unspecified atom stereocenters. The van der Waals surface area contributed by atoms with E-state index in [-0.39, 0.29) is 5.04 Å². The van der Waals surface area contributed by atoms with Crippen LogP contribution in [0.2, 0.25) is 5.04 Å². The lowest BCUT2D eigenvalue weighted by Crippen LogP contribution is -2.37. The molecule has 1 saturated carbocycles. The maximum absolute atomic E-state index is 4.52. The van der Waals surface area contributed by atoms with E-state index in [4.69, 9.17) is 0 Å². The lowest BCUT2D eigenvalue weighted by Gasteiger charge is -2.30. The van der Waals surface area contributed by atoms with Crippen LogP contribution < -0.4 is 16.3 Å². The van der Waals surface area contributed by atoms with E-state index in [1.54, 1.807) is 10.4 Å². The van der Waals surface area contributed by atoms with Gasteiger partial charge in [-0.1, -0.05) is 10.4 Å². The number of imidazole rings is 3. The molecule has 5 rings (SSSR count). The molecule has 0 saturated heterocycles. The molecule has 2 bridgehead atoms. The van der Waals surface area contributed by atoms with Gasteiger partial charge in [0.1, 0.15) is 9.52 Å². The van der Waals surface area contributed by atoms with Gasteiger partial charge in [-0.05, 0) is 30.2 Å². The Morgan fingerprint density at radius 1 is 0.880 bits per heavy atom. The highest BCUT2D eigenvalue weighted by Gasteiger charge is 2.51. The van der Waals surface area contributed by atoms with Gasteiger partial charge in [0.2, 0.25) is 0 Å². The van der Waals surface area contributed by atoms with Crippen LogP contribution in [0.3, 0.4) is 0 Å². The number of fused-ring (bicyclic) bond motifs is 2. The van der Waals surface area contributed by atoms with Gasteiger partial charge in [-0.15, -0.1) is 0 Å². The first-order chi connectivity index (χ1) is 12.3. The highest BCUT2D eigenvalue weighted by Crippen LogP contribution is 2.61. The van der Waals surface area contributed by atoms with Crippen LogP contribution in [-0.2, 0) is 0 Å². The van der Waals surface area contributed by atoms with Gasteiger partial charge in [0, 0.05) is 37.2 Å². The third-order valence-corrected chi connectivity index (χ3v) is 10.2. The lowest BCUT2D eigenvalue weighted by atomic mass is 10.1. The Morgan fingerprint density at radius 3 is 2.16 bits per heavy atom. The molecule has 6 radical (unpaired) electrons. The van der Waals surface area contributed by atoms with E-state index >= 15 is 0 Å². The Hall–Kier alpha value is -1.98. The fraction of sp³-hybridized carbons (Fsp3) is 0.312. The normalized spacial score (nSPS) is 25.2. The van der Waals surface area contributed by atoms with Gasteiger partial charge in [0.15, 0.2) is 19.0 Å². The van der Waals surface area contributed by atoms with E-state index in [2.05, 4.69) is 29.9 Å². The number of nitrogens with one attached hydrogen (secondary N) is 3. The van der Waals surface area contributed by atoms with E-state index in [1.807, 2.05) is 37.2 Å². The monoisotopic (exact) mass is 376 g/mol. The second kappa shape index (κ2) is 6.08. The van der Waals surface area contributed by atoms with Crippen molar-refractivity contribution < 1.29 is 0 Å². The van der Waals surface area contributed by atoms with Crippen LogP contribution in [-0.4, -0.2) is 58.5 Å². The van der Waals surface area contributed by atoms with Crippen LogP contribution in [0, 0.1) is 5.92 Å². The van der Waals surface area contributed by atoms with E-state index in [9.17, 15) is 0 Å². The van der Waals surface area contributed by atoms with Crippen molar-refractivity contribution in [2.75, 3.05) is 0 Å². The second-order valence-corrected chi connectivity index (χ2v) is 10.7. The molecule has 6 nitrogen and oxygen atoms in total. The molecular formula is C16H16N6Si3. The van der Waals surface area contributed by atoms with Gasteiger partial charge in [-0.3, -0.25) is 0 Å². The number of nitrogens with zero attached hydrogens (tertiary/aromatic N) is 3. The van der Waals surface area contributed by atoms with Crippen LogP contribution in [0.5, 0.6) is 0 Å². The SMILES string of the molecule is c1c[nH]c([Si]C2=C([Si]c3ncc[nH]3)C3([Si]c4ncc[nH]4)CCC2C3)n1. The molecule has 3 N–H and O–H groups in total. The average molecular weight is 377 g/mol. The molecule has 2 atom stereocenters. The van der Waals surface area contributed by atoms with Crippen molar-refractivity contribution in [3.05, 3.63) is 47.6 Å². The van der Waals surface area contributed by atoms with Gasteiger partial charge in [0.05, 0.1) is 16.3 Å². The number of H-pyrrole nitrogens is 3. The fourth-order valence-corrected chi connectivity index (χ4v) is 9.18. The summed E-state index contributed by atoms with van der Waals surface area (Å²) in [4.78, 5) is 23.4. The first-order valence-electron chi connectivity index (χ1n) is 8.37. The summed E-state index contributed by atoms with van der Waals surface area (Å²) in [6.45, 7) is 0. The minimum Gasteiger partial charge on any atom is -0.353 e. The molecule has 122 valence electrons. The van der Waals surface area contributed by atoms with E-state index in [1.165, 1.54) is 19.3 Å². The van der Waals surface area contributed by atoms with Crippen LogP contribution >= 0.6 is 0 Å². The highest BCUT2D eigenvalue weighted by molar-refractivity contribution is 6.70. The number of allylic oxidation sites excluding steroid dienone is 2. The summed E-state index contributed by atoms with van der Waals surface area (Å²) in [6.07, 6.45) is 15.2. The van der Waals surface area contributed by atoms with Crippen molar-refractivity contribution in [1.29, 1.82) is 0 Å². The molecule has 0 amide bonds. The van der Waals surface area contributed by atoms with Gasteiger partial charge in [0.25, 0.3) is 0 Å². The van der Waals surface area contributed by atoms with Crippen molar-refractivity contribution in [2.45, 2.75) is 24.3 Å². The molecule has 0 aliphatic heterocycles. The maximum atomic E-state index is 4.52. The third kappa shape index (κ3) is 2.71. The Bertz CT molecular complexity index is 871. The summed E-state index contributed by atoms with van der Waals surface area (Å²) in [5.41, 5.74) is 3.32. The van der Waals surface area contributed by atoms with E-state index in [0.717, 1.165) is 16.3 Å². The summed E-state index contributed by atoms with van der Waals surface area (Å²) in [5, 5.41) is 3.50. The lowest BCUT2D eigenvalue weighted by molar-refractivity contribution is 0.684. The predicted octanol–water partition coefficient (Wildman–Crippen LogP) is -0.571. The molecule has 25 heavy (non-hydrogen) atoms. The zero-order chi connectivity index (χ0) is 16.7. The van der Waals surface area contributed by atoms with E-state index in [0.29, 0.717) is 34.5 Å². The van der Waals surface area contributed by atoms with Crippen molar-refractivity contribution >= 4 is 44.9 Å². The zero-order valence-corrected chi connectivity index (χ0v) is 16.5. The smallest absolute Gasteiger partial charge is 0.166 e. The van der Waals surface area contributed by atoms with Gasteiger partial charge in [-0.25, -0.2) is 15.0 Å². The summed E-state index contributed by atoms with van der Waals surface area (Å²) < 4.78 is 0. The largest absolute Gasteiger partial charge is 0.353 e. The second-order valence-electron chi connectivity index (χ2n) is 6.50. The molecular weight excluding hydrogens is 360 g/mol. The standard InChI is InChI=1S/C16H16N6Si3/c1-2-16(25-15-21-7-8-22-15)9-10(1)11(23-13-17-3-4-18-13)12(16)24-14-19-5-6-20-14/h3-8,10H,1-2,9H2,(H,17,18)(H,19,20)(H,21,22). The first-order valence-corrected chi connectivity index (χ1v) is 11.4. The van der Waals surface area contributed by atoms with Crippen LogP contribution in [0.25, 0.3) is 0 Å².